The molecule has 0 heterocycles. The van der Waals surface area contributed by atoms with Gasteiger partial charge in [0.25, 0.3) is 0 Å². The van der Waals surface area contributed by atoms with Gasteiger partial charge in [0.05, 0.1) is 10.7 Å². The normalized spacial score (nSPS) is 10.6. The SMILES string of the molecule is C=CCC(=O)N/N=C/c1cc(Br)c(O)c(Br)c1O. The van der Waals surface area contributed by atoms with Crippen molar-refractivity contribution in [3.63, 3.8) is 0 Å². The number of hydrazone groups is 1. The highest BCUT2D eigenvalue weighted by Gasteiger charge is 2.12. The first-order valence-electron chi connectivity index (χ1n) is 4.80. The predicted octanol–water partition coefficient (Wildman–Crippen LogP) is 2.65. The summed E-state index contributed by atoms with van der Waals surface area (Å²) in [6.45, 7) is 3.42. The van der Waals surface area contributed by atoms with Crippen LogP contribution in [0.5, 0.6) is 11.5 Å². The fourth-order valence-electron chi connectivity index (χ4n) is 1.07. The molecule has 0 radical (unpaired) electrons. The summed E-state index contributed by atoms with van der Waals surface area (Å²) in [6, 6.07) is 1.47. The van der Waals surface area contributed by atoms with E-state index < -0.39 is 0 Å². The molecular formula is C11H10Br2N2O3. The van der Waals surface area contributed by atoms with E-state index in [-0.39, 0.29) is 28.3 Å². The topological polar surface area (TPSA) is 81.9 Å². The van der Waals surface area contributed by atoms with Gasteiger partial charge in [0.2, 0.25) is 5.91 Å². The first-order valence-corrected chi connectivity index (χ1v) is 6.38. The smallest absolute Gasteiger partial charge is 0.243 e. The lowest BCUT2D eigenvalue weighted by Crippen LogP contribution is -2.15. The summed E-state index contributed by atoms with van der Waals surface area (Å²) in [5.41, 5.74) is 2.61. The Hall–Kier alpha value is -1.34. The second-order valence-corrected chi connectivity index (χ2v) is 4.89. The predicted molar refractivity (Wildman–Crippen MR) is 75.7 cm³/mol. The highest BCUT2D eigenvalue weighted by atomic mass is 79.9. The van der Waals surface area contributed by atoms with Crippen molar-refractivity contribution in [3.8, 4) is 11.5 Å². The lowest BCUT2D eigenvalue weighted by atomic mass is 10.2. The third-order valence-corrected chi connectivity index (χ3v) is 3.28. The van der Waals surface area contributed by atoms with Crippen molar-refractivity contribution in [3.05, 3.63) is 33.2 Å². The monoisotopic (exact) mass is 376 g/mol. The molecule has 0 aliphatic carbocycles. The molecule has 0 saturated heterocycles. The van der Waals surface area contributed by atoms with Gasteiger partial charge in [-0.25, -0.2) is 5.43 Å². The van der Waals surface area contributed by atoms with E-state index in [0.29, 0.717) is 10.0 Å². The second-order valence-electron chi connectivity index (χ2n) is 3.24. The number of carbonyl (C=O) groups excluding carboxylic acids is 1. The molecule has 1 aromatic carbocycles. The maximum absolute atomic E-state index is 11.1. The number of nitrogens with one attached hydrogen (secondary N) is 1. The van der Waals surface area contributed by atoms with Gasteiger partial charge in [0.1, 0.15) is 16.0 Å². The molecule has 3 N–H and O–H groups in total. The summed E-state index contributed by atoms with van der Waals surface area (Å²) in [4.78, 5) is 11.1. The van der Waals surface area contributed by atoms with Crippen LogP contribution < -0.4 is 5.43 Å². The maximum Gasteiger partial charge on any atom is 0.243 e. The van der Waals surface area contributed by atoms with Crippen molar-refractivity contribution < 1.29 is 15.0 Å². The Balaban J connectivity index is 2.88. The van der Waals surface area contributed by atoms with E-state index in [2.05, 4.69) is 49.0 Å². The summed E-state index contributed by atoms with van der Waals surface area (Å²) in [6.07, 6.45) is 2.88. The highest BCUT2D eigenvalue weighted by Crippen LogP contribution is 2.40. The van der Waals surface area contributed by atoms with Gasteiger partial charge < -0.3 is 10.2 Å². The number of rotatable bonds is 4. The molecule has 18 heavy (non-hydrogen) atoms. The number of phenolic OH excluding ortho intramolecular Hbond substituents is 2. The zero-order valence-electron chi connectivity index (χ0n) is 9.15. The molecule has 0 bridgehead atoms. The fraction of sp³-hybridized carbons (Fsp3) is 0.0909. The molecule has 0 spiro atoms. The van der Waals surface area contributed by atoms with E-state index in [1.165, 1.54) is 18.4 Å². The van der Waals surface area contributed by atoms with Crippen molar-refractivity contribution in [1.82, 2.24) is 5.43 Å². The molecule has 1 rings (SSSR count). The Morgan fingerprint density at radius 3 is 2.72 bits per heavy atom. The van der Waals surface area contributed by atoms with Crippen LogP contribution in [0.3, 0.4) is 0 Å². The van der Waals surface area contributed by atoms with E-state index in [4.69, 9.17) is 0 Å². The summed E-state index contributed by atoms with van der Waals surface area (Å²) in [7, 11) is 0. The van der Waals surface area contributed by atoms with Gasteiger partial charge in [0.15, 0.2) is 0 Å². The zero-order chi connectivity index (χ0) is 13.7. The summed E-state index contributed by atoms with van der Waals surface area (Å²) >= 11 is 6.16. The fourth-order valence-corrected chi connectivity index (χ4v) is 2.22. The van der Waals surface area contributed by atoms with Crippen LogP contribution in [0.25, 0.3) is 0 Å². The van der Waals surface area contributed by atoms with Gasteiger partial charge in [-0.15, -0.1) is 6.58 Å². The van der Waals surface area contributed by atoms with Gasteiger partial charge >= 0.3 is 0 Å². The van der Waals surface area contributed by atoms with Crippen LogP contribution in [0, 0.1) is 0 Å². The zero-order valence-corrected chi connectivity index (χ0v) is 12.3. The Morgan fingerprint density at radius 1 is 1.44 bits per heavy atom. The third-order valence-electron chi connectivity index (χ3n) is 1.92. The Bertz CT molecular complexity index is 516. The molecule has 96 valence electrons. The summed E-state index contributed by atoms with van der Waals surface area (Å²) < 4.78 is 0.543. The number of phenols is 2. The van der Waals surface area contributed by atoms with Gasteiger partial charge in [-0.3, -0.25) is 4.79 Å². The van der Waals surface area contributed by atoms with E-state index in [9.17, 15) is 15.0 Å². The van der Waals surface area contributed by atoms with Crippen LogP contribution in [-0.4, -0.2) is 22.3 Å². The van der Waals surface area contributed by atoms with Crippen LogP contribution in [0.2, 0.25) is 0 Å². The number of nitrogens with zero attached hydrogens (tertiary/aromatic N) is 1. The van der Waals surface area contributed by atoms with Crippen LogP contribution >= 0.6 is 31.9 Å². The first kappa shape index (κ1) is 14.7. The molecule has 0 atom stereocenters. The van der Waals surface area contributed by atoms with Crippen molar-refractivity contribution in [2.75, 3.05) is 0 Å². The largest absolute Gasteiger partial charge is 0.506 e. The lowest BCUT2D eigenvalue weighted by Gasteiger charge is -2.06. The average Bonchev–Trinajstić information content (AvgIpc) is 2.33. The molecule has 0 aliphatic rings. The molecule has 7 heteroatoms. The number of halogens is 2. The van der Waals surface area contributed by atoms with Crippen LogP contribution in [0.4, 0.5) is 0 Å². The third kappa shape index (κ3) is 3.58. The lowest BCUT2D eigenvalue weighted by molar-refractivity contribution is -0.120. The van der Waals surface area contributed by atoms with E-state index in [1.54, 1.807) is 0 Å². The summed E-state index contributed by atoms with van der Waals surface area (Å²) in [5.74, 6) is -0.588. The number of aromatic hydroxyl groups is 2. The van der Waals surface area contributed by atoms with E-state index in [0.717, 1.165) is 0 Å². The van der Waals surface area contributed by atoms with Crippen molar-refractivity contribution in [1.29, 1.82) is 0 Å². The number of hydrogen-bond donors (Lipinski definition) is 3. The number of hydrogen-bond acceptors (Lipinski definition) is 4. The molecular weight excluding hydrogens is 368 g/mol. The molecule has 0 aliphatic heterocycles. The van der Waals surface area contributed by atoms with Gasteiger partial charge in [0, 0.05) is 12.0 Å². The van der Waals surface area contributed by atoms with Crippen molar-refractivity contribution in [2.24, 2.45) is 5.10 Å². The maximum atomic E-state index is 11.1. The Labute approximate surface area is 120 Å². The van der Waals surface area contributed by atoms with Crippen LogP contribution in [0.15, 0.2) is 32.8 Å². The minimum atomic E-state index is -0.308. The molecule has 0 aromatic heterocycles. The highest BCUT2D eigenvalue weighted by molar-refractivity contribution is 9.11. The molecule has 0 unspecified atom stereocenters. The second kappa shape index (κ2) is 6.55. The minimum absolute atomic E-state index is 0.111. The molecule has 1 aromatic rings. The average molecular weight is 378 g/mol. The Morgan fingerprint density at radius 2 is 2.11 bits per heavy atom. The minimum Gasteiger partial charge on any atom is -0.506 e. The van der Waals surface area contributed by atoms with E-state index in [1.807, 2.05) is 0 Å². The van der Waals surface area contributed by atoms with Crippen LogP contribution in [-0.2, 0) is 4.79 Å². The van der Waals surface area contributed by atoms with Gasteiger partial charge in [-0.05, 0) is 37.9 Å². The Kier molecular flexibility index (Phi) is 5.36. The van der Waals surface area contributed by atoms with E-state index >= 15 is 0 Å². The van der Waals surface area contributed by atoms with Crippen molar-refractivity contribution in [2.45, 2.75) is 6.42 Å². The van der Waals surface area contributed by atoms with Gasteiger partial charge in [-0.2, -0.15) is 5.10 Å². The summed E-state index contributed by atoms with van der Waals surface area (Å²) in [5, 5.41) is 22.9. The molecule has 0 saturated carbocycles. The van der Waals surface area contributed by atoms with Crippen LogP contribution in [0.1, 0.15) is 12.0 Å². The first-order chi connectivity index (χ1) is 8.47. The quantitative estimate of drug-likeness (QED) is 0.428. The van der Waals surface area contributed by atoms with Gasteiger partial charge in [-0.1, -0.05) is 6.08 Å². The van der Waals surface area contributed by atoms with Crippen molar-refractivity contribution >= 4 is 44.0 Å². The number of carbonyl (C=O) groups is 1. The number of amides is 1. The molecule has 1 amide bonds. The molecule has 5 nitrogen and oxygen atoms in total. The molecule has 0 fully saturated rings. The number of benzene rings is 1. The standard InChI is InChI=1S/C11H10Br2N2O3/c1-2-3-8(16)15-14-5-6-4-7(12)11(18)9(13)10(6)17/h2,4-5,17-18H,1,3H2,(H,15,16)/b14-5+.